The van der Waals surface area contributed by atoms with Crippen LogP contribution in [-0.2, 0) is 9.59 Å². The summed E-state index contributed by atoms with van der Waals surface area (Å²) in [6, 6.07) is 0.246. The number of nitrogens with two attached hydrogens (primary N) is 1. The molecule has 0 radical (unpaired) electrons. The summed E-state index contributed by atoms with van der Waals surface area (Å²) in [4.78, 5) is 26.6. The molecule has 6 heteroatoms. The molecule has 0 spiro atoms. The molecule has 0 aromatic rings. The highest BCUT2D eigenvalue weighted by Gasteiger charge is 2.48. The highest BCUT2D eigenvalue weighted by atomic mass is 35.5. The summed E-state index contributed by atoms with van der Waals surface area (Å²) in [6.45, 7) is 3.13. The predicted octanol–water partition coefficient (Wildman–Crippen LogP) is 1.44. The molecule has 126 valence electrons. The molecule has 2 amide bonds. The van der Waals surface area contributed by atoms with Gasteiger partial charge in [-0.2, -0.15) is 0 Å². The molecule has 0 aromatic carbocycles. The monoisotopic (exact) mass is 329 g/mol. The van der Waals surface area contributed by atoms with Gasteiger partial charge in [-0.25, -0.2) is 0 Å². The molecule has 2 aliphatic carbocycles. The third-order valence-electron chi connectivity index (χ3n) is 5.73. The number of halogens is 1. The van der Waals surface area contributed by atoms with Crippen molar-refractivity contribution < 1.29 is 9.59 Å². The van der Waals surface area contributed by atoms with Crippen molar-refractivity contribution in [3.8, 4) is 0 Å². The largest absolute Gasteiger partial charge is 0.342 e. The Morgan fingerprint density at radius 3 is 2.41 bits per heavy atom. The van der Waals surface area contributed by atoms with Gasteiger partial charge in [-0.15, -0.1) is 12.4 Å². The van der Waals surface area contributed by atoms with E-state index < -0.39 is 5.54 Å². The smallest absolute Gasteiger partial charge is 0.248 e. The van der Waals surface area contributed by atoms with Gasteiger partial charge in [0.2, 0.25) is 11.8 Å². The minimum Gasteiger partial charge on any atom is -0.342 e. The summed E-state index contributed by atoms with van der Waals surface area (Å²) in [5.74, 6) is 1.08. The number of likely N-dealkylation sites (tertiary alicyclic amines) is 1. The van der Waals surface area contributed by atoms with Gasteiger partial charge in [0.05, 0.1) is 0 Å². The predicted molar refractivity (Wildman–Crippen MR) is 87.7 cm³/mol. The van der Waals surface area contributed by atoms with Gasteiger partial charge in [0.1, 0.15) is 5.54 Å². The van der Waals surface area contributed by atoms with Crippen molar-refractivity contribution in [2.75, 3.05) is 13.1 Å². The number of hydrogen-bond acceptors (Lipinski definition) is 3. The molecule has 0 aromatic heterocycles. The maximum atomic E-state index is 13.1. The third kappa shape index (κ3) is 3.11. The average Bonchev–Trinajstić information content (AvgIpc) is 3.01. The second-order valence-electron chi connectivity index (χ2n) is 7.20. The van der Waals surface area contributed by atoms with Gasteiger partial charge in [-0.05, 0) is 37.5 Å². The van der Waals surface area contributed by atoms with Crippen molar-refractivity contribution in [3.63, 3.8) is 0 Å². The first kappa shape index (κ1) is 17.5. The van der Waals surface area contributed by atoms with E-state index in [0.29, 0.717) is 11.8 Å². The summed E-state index contributed by atoms with van der Waals surface area (Å²) >= 11 is 0. The van der Waals surface area contributed by atoms with E-state index in [4.69, 9.17) is 5.73 Å². The van der Waals surface area contributed by atoms with Gasteiger partial charge < -0.3 is 16.0 Å². The number of amides is 2. The van der Waals surface area contributed by atoms with Gasteiger partial charge >= 0.3 is 0 Å². The van der Waals surface area contributed by atoms with Gasteiger partial charge in [0, 0.05) is 26.1 Å². The minimum absolute atomic E-state index is 0. The van der Waals surface area contributed by atoms with Crippen molar-refractivity contribution in [2.24, 2.45) is 17.6 Å². The Kier molecular flexibility index (Phi) is 5.38. The van der Waals surface area contributed by atoms with Gasteiger partial charge in [0.25, 0.3) is 0 Å². The molecule has 3 aliphatic rings. The summed E-state index contributed by atoms with van der Waals surface area (Å²) in [7, 11) is 0. The molecule has 5 nitrogen and oxygen atoms in total. The molecule has 3 unspecified atom stereocenters. The van der Waals surface area contributed by atoms with Crippen molar-refractivity contribution in [1.29, 1.82) is 0 Å². The van der Waals surface area contributed by atoms with Crippen LogP contribution in [0, 0.1) is 11.8 Å². The number of carbonyl (C=O) groups is 2. The lowest BCUT2D eigenvalue weighted by Gasteiger charge is -2.39. The second-order valence-corrected chi connectivity index (χ2v) is 7.20. The number of fused-ring (bicyclic) bond motifs is 1. The molecule has 3 fully saturated rings. The Balaban J connectivity index is 0.00000176. The molecule has 1 heterocycles. The normalized spacial score (nSPS) is 33.0. The highest BCUT2D eigenvalue weighted by Crippen LogP contribution is 2.39. The van der Waals surface area contributed by atoms with E-state index in [0.717, 1.165) is 58.0 Å². The number of carbonyl (C=O) groups excluding carboxylic acids is 2. The zero-order valence-electron chi connectivity index (χ0n) is 13.3. The summed E-state index contributed by atoms with van der Waals surface area (Å²) in [6.07, 6.45) is 6.99. The van der Waals surface area contributed by atoms with Crippen LogP contribution in [0.1, 0.15) is 51.9 Å². The van der Waals surface area contributed by atoms with Gasteiger partial charge in [-0.1, -0.05) is 19.3 Å². The molecular formula is C16H28ClN3O2. The zero-order valence-corrected chi connectivity index (χ0v) is 14.2. The van der Waals surface area contributed by atoms with Crippen LogP contribution >= 0.6 is 12.4 Å². The van der Waals surface area contributed by atoms with Crippen LogP contribution in [0.5, 0.6) is 0 Å². The van der Waals surface area contributed by atoms with E-state index in [1.165, 1.54) is 6.92 Å². The number of nitrogens with one attached hydrogen (secondary N) is 1. The van der Waals surface area contributed by atoms with E-state index >= 15 is 0 Å². The van der Waals surface area contributed by atoms with Crippen molar-refractivity contribution in [2.45, 2.75) is 63.5 Å². The molecule has 22 heavy (non-hydrogen) atoms. The van der Waals surface area contributed by atoms with E-state index in [9.17, 15) is 9.59 Å². The van der Waals surface area contributed by atoms with Crippen molar-refractivity contribution >= 4 is 24.2 Å². The van der Waals surface area contributed by atoms with Crippen LogP contribution < -0.4 is 11.1 Å². The first-order valence-electron chi connectivity index (χ1n) is 8.35. The Morgan fingerprint density at radius 2 is 1.82 bits per heavy atom. The number of rotatable bonds is 2. The van der Waals surface area contributed by atoms with Crippen LogP contribution in [0.15, 0.2) is 0 Å². The lowest BCUT2D eigenvalue weighted by molar-refractivity contribution is -0.142. The average molecular weight is 330 g/mol. The maximum absolute atomic E-state index is 13.1. The van der Waals surface area contributed by atoms with Crippen LogP contribution in [0.4, 0.5) is 0 Å². The Hall–Kier alpha value is -0.810. The number of hydrogen-bond donors (Lipinski definition) is 2. The van der Waals surface area contributed by atoms with Crippen LogP contribution in [-0.4, -0.2) is 41.4 Å². The third-order valence-corrected chi connectivity index (χ3v) is 5.73. The highest BCUT2D eigenvalue weighted by molar-refractivity contribution is 5.91. The van der Waals surface area contributed by atoms with E-state index in [2.05, 4.69) is 5.32 Å². The Bertz CT molecular complexity index is 437. The van der Waals surface area contributed by atoms with Crippen LogP contribution in [0.3, 0.4) is 0 Å². The molecule has 1 aliphatic heterocycles. The lowest BCUT2D eigenvalue weighted by atomic mass is 9.80. The summed E-state index contributed by atoms with van der Waals surface area (Å²) in [5, 5.41) is 2.99. The van der Waals surface area contributed by atoms with Crippen LogP contribution in [0.25, 0.3) is 0 Å². The zero-order chi connectivity index (χ0) is 15.0. The molecule has 2 saturated carbocycles. The van der Waals surface area contributed by atoms with Gasteiger partial charge in [-0.3, -0.25) is 9.59 Å². The Morgan fingerprint density at radius 1 is 1.14 bits per heavy atom. The van der Waals surface area contributed by atoms with E-state index in [1.807, 2.05) is 4.90 Å². The number of nitrogens with zero attached hydrogens (tertiary/aromatic N) is 1. The second kappa shape index (κ2) is 6.75. The topological polar surface area (TPSA) is 75.4 Å². The standard InChI is InChI=1S/C16H27N3O2.ClH/c1-11(20)18-16(7-3-2-4-8-16)15(21)19-9-12-5-6-14(17)13(12)10-19;/h12-14H,2-10,17H2,1H3,(H,18,20);1H. The first-order chi connectivity index (χ1) is 10.0. The van der Waals surface area contributed by atoms with Crippen molar-refractivity contribution in [1.82, 2.24) is 10.2 Å². The molecule has 1 saturated heterocycles. The van der Waals surface area contributed by atoms with E-state index in [-0.39, 0.29) is 30.3 Å². The molecule has 3 rings (SSSR count). The fraction of sp³-hybridized carbons (Fsp3) is 0.875. The first-order valence-corrected chi connectivity index (χ1v) is 8.35. The van der Waals surface area contributed by atoms with E-state index in [1.54, 1.807) is 0 Å². The van der Waals surface area contributed by atoms with Crippen molar-refractivity contribution in [3.05, 3.63) is 0 Å². The quantitative estimate of drug-likeness (QED) is 0.805. The fourth-order valence-corrected chi connectivity index (χ4v) is 4.66. The molecule has 0 bridgehead atoms. The minimum atomic E-state index is -0.646. The molecular weight excluding hydrogens is 302 g/mol. The molecule has 3 N–H and O–H groups in total. The summed E-state index contributed by atoms with van der Waals surface area (Å²) in [5.41, 5.74) is 5.52. The summed E-state index contributed by atoms with van der Waals surface area (Å²) < 4.78 is 0. The fourth-order valence-electron chi connectivity index (χ4n) is 4.66. The maximum Gasteiger partial charge on any atom is 0.248 e. The molecule has 3 atom stereocenters. The SMILES string of the molecule is CC(=O)NC1(C(=O)N2CC3CCC(N)C3C2)CCCCC1.Cl. The lowest BCUT2D eigenvalue weighted by Crippen LogP contribution is -2.60. The Labute approximate surface area is 138 Å². The van der Waals surface area contributed by atoms with Crippen LogP contribution in [0.2, 0.25) is 0 Å². The van der Waals surface area contributed by atoms with Gasteiger partial charge in [0.15, 0.2) is 0 Å².